The third kappa shape index (κ3) is 2.12. The molecular formula is C15H17N3O2. The van der Waals surface area contributed by atoms with E-state index in [-0.39, 0.29) is 0 Å². The molecule has 4 heterocycles. The molecule has 0 aromatic carbocycles. The summed E-state index contributed by atoms with van der Waals surface area (Å²) >= 11 is 0. The number of fused-ring (bicyclic) bond motifs is 2. The Balaban J connectivity index is 1.49. The van der Waals surface area contributed by atoms with Gasteiger partial charge in [0, 0.05) is 23.9 Å². The van der Waals surface area contributed by atoms with Crippen LogP contribution in [0.2, 0.25) is 0 Å². The molecule has 0 N–H and O–H groups in total. The van der Waals surface area contributed by atoms with Gasteiger partial charge in [0.15, 0.2) is 0 Å². The summed E-state index contributed by atoms with van der Waals surface area (Å²) in [5, 5.41) is 4.05. The predicted octanol–water partition coefficient (Wildman–Crippen LogP) is 2.55. The monoisotopic (exact) mass is 271 g/mol. The van der Waals surface area contributed by atoms with Crippen LogP contribution >= 0.6 is 0 Å². The van der Waals surface area contributed by atoms with Gasteiger partial charge in [-0.05, 0) is 44.2 Å². The van der Waals surface area contributed by atoms with Crippen LogP contribution in [0.25, 0.3) is 11.4 Å². The van der Waals surface area contributed by atoms with E-state index < -0.39 is 0 Å². The highest BCUT2D eigenvalue weighted by molar-refractivity contribution is 5.52. The van der Waals surface area contributed by atoms with Crippen LogP contribution in [0.4, 0.5) is 0 Å². The SMILES string of the molecule is Cc1ccc(-c2noc(CC3CC4CCC3O4)n2)cn1. The molecule has 2 saturated heterocycles. The second-order valence-electron chi connectivity index (χ2n) is 5.77. The maximum Gasteiger partial charge on any atom is 0.227 e. The highest BCUT2D eigenvalue weighted by Gasteiger charge is 2.41. The van der Waals surface area contributed by atoms with Crippen molar-refractivity contribution < 1.29 is 9.26 Å². The minimum absolute atomic E-state index is 0.399. The first-order valence-electron chi connectivity index (χ1n) is 7.19. The van der Waals surface area contributed by atoms with Gasteiger partial charge < -0.3 is 9.26 Å². The van der Waals surface area contributed by atoms with E-state index in [4.69, 9.17) is 9.26 Å². The third-order valence-corrected chi connectivity index (χ3v) is 4.31. The number of rotatable bonds is 3. The van der Waals surface area contributed by atoms with Gasteiger partial charge in [-0.1, -0.05) is 5.16 Å². The van der Waals surface area contributed by atoms with Crippen LogP contribution in [0.15, 0.2) is 22.9 Å². The minimum atomic E-state index is 0.399. The Kier molecular flexibility index (Phi) is 2.80. The number of hydrogen-bond donors (Lipinski definition) is 0. The lowest BCUT2D eigenvalue weighted by atomic mass is 9.87. The van der Waals surface area contributed by atoms with E-state index in [0.717, 1.165) is 24.1 Å². The first kappa shape index (κ1) is 12.0. The maximum atomic E-state index is 5.86. The number of nitrogens with zero attached hydrogens (tertiary/aromatic N) is 3. The lowest BCUT2D eigenvalue weighted by Crippen LogP contribution is -2.18. The topological polar surface area (TPSA) is 61.0 Å². The van der Waals surface area contributed by atoms with Gasteiger partial charge in [-0.25, -0.2) is 0 Å². The van der Waals surface area contributed by atoms with Gasteiger partial charge in [-0.2, -0.15) is 4.98 Å². The van der Waals surface area contributed by atoms with E-state index in [2.05, 4.69) is 15.1 Å². The lowest BCUT2D eigenvalue weighted by molar-refractivity contribution is 0.0913. The largest absolute Gasteiger partial charge is 0.375 e. The van der Waals surface area contributed by atoms with Crippen LogP contribution in [0.1, 0.15) is 30.8 Å². The first-order chi connectivity index (χ1) is 9.78. The average Bonchev–Trinajstić information content (AvgIpc) is 3.16. The lowest BCUT2D eigenvalue weighted by Gasteiger charge is -2.15. The van der Waals surface area contributed by atoms with Crippen LogP contribution < -0.4 is 0 Å². The molecule has 4 rings (SSSR count). The molecule has 2 bridgehead atoms. The zero-order chi connectivity index (χ0) is 13.5. The van der Waals surface area contributed by atoms with E-state index in [1.807, 2.05) is 19.1 Å². The van der Waals surface area contributed by atoms with Crippen LogP contribution in [0, 0.1) is 12.8 Å². The van der Waals surface area contributed by atoms with Gasteiger partial charge in [0.25, 0.3) is 0 Å². The Morgan fingerprint density at radius 2 is 2.25 bits per heavy atom. The number of aromatic nitrogens is 3. The van der Waals surface area contributed by atoms with Crippen LogP contribution in [0.3, 0.4) is 0 Å². The highest BCUT2D eigenvalue weighted by atomic mass is 16.5. The Bertz CT molecular complexity index is 608. The molecule has 0 radical (unpaired) electrons. The molecule has 2 aliphatic rings. The van der Waals surface area contributed by atoms with Crippen LogP contribution in [-0.2, 0) is 11.2 Å². The summed E-state index contributed by atoms with van der Waals surface area (Å²) in [5.41, 5.74) is 1.88. The van der Waals surface area contributed by atoms with E-state index in [1.54, 1.807) is 6.20 Å². The number of aryl methyl sites for hydroxylation is 1. The Morgan fingerprint density at radius 1 is 1.30 bits per heavy atom. The first-order valence-corrected chi connectivity index (χ1v) is 7.19. The molecule has 0 amide bonds. The second kappa shape index (κ2) is 4.66. The Morgan fingerprint density at radius 3 is 2.95 bits per heavy atom. The van der Waals surface area contributed by atoms with Crippen molar-refractivity contribution in [3.8, 4) is 11.4 Å². The van der Waals surface area contributed by atoms with Crippen LogP contribution in [0.5, 0.6) is 0 Å². The number of hydrogen-bond acceptors (Lipinski definition) is 5. The molecule has 2 aromatic heterocycles. The van der Waals surface area contributed by atoms with Gasteiger partial charge >= 0.3 is 0 Å². The van der Waals surface area contributed by atoms with E-state index in [9.17, 15) is 0 Å². The molecule has 104 valence electrons. The molecule has 0 spiro atoms. The van der Waals surface area contributed by atoms with Crippen molar-refractivity contribution in [2.45, 2.75) is 44.8 Å². The van der Waals surface area contributed by atoms with Crippen molar-refractivity contribution in [1.29, 1.82) is 0 Å². The fraction of sp³-hybridized carbons (Fsp3) is 0.533. The number of ether oxygens (including phenoxy) is 1. The quantitative estimate of drug-likeness (QED) is 0.858. The normalized spacial score (nSPS) is 28.1. The Hall–Kier alpha value is -1.75. The van der Waals surface area contributed by atoms with Gasteiger partial charge in [0.1, 0.15) is 0 Å². The minimum Gasteiger partial charge on any atom is -0.375 e. The van der Waals surface area contributed by atoms with Crippen molar-refractivity contribution in [1.82, 2.24) is 15.1 Å². The molecule has 0 aliphatic carbocycles. The number of pyridine rings is 1. The highest BCUT2D eigenvalue weighted by Crippen LogP contribution is 2.40. The molecule has 2 fully saturated rings. The fourth-order valence-electron chi connectivity index (χ4n) is 3.24. The molecule has 5 heteroatoms. The van der Waals surface area contributed by atoms with Crippen molar-refractivity contribution >= 4 is 0 Å². The van der Waals surface area contributed by atoms with E-state index in [1.165, 1.54) is 12.8 Å². The summed E-state index contributed by atoms with van der Waals surface area (Å²) in [6.45, 7) is 1.96. The van der Waals surface area contributed by atoms with Gasteiger partial charge in [-0.3, -0.25) is 4.98 Å². The maximum absolute atomic E-state index is 5.86. The van der Waals surface area contributed by atoms with E-state index in [0.29, 0.717) is 29.8 Å². The van der Waals surface area contributed by atoms with Gasteiger partial charge in [-0.15, -0.1) is 0 Å². The molecule has 3 atom stereocenters. The van der Waals surface area contributed by atoms with E-state index >= 15 is 0 Å². The molecular weight excluding hydrogens is 254 g/mol. The van der Waals surface area contributed by atoms with Crippen molar-refractivity contribution in [2.24, 2.45) is 5.92 Å². The zero-order valence-corrected chi connectivity index (χ0v) is 11.5. The summed E-state index contributed by atoms with van der Waals surface area (Å²) in [6.07, 6.45) is 7.00. The van der Waals surface area contributed by atoms with Gasteiger partial charge in [0.2, 0.25) is 11.7 Å². The molecule has 5 nitrogen and oxygen atoms in total. The smallest absolute Gasteiger partial charge is 0.227 e. The zero-order valence-electron chi connectivity index (χ0n) is 11.5. The summed E-state index contributed by atoms with van der Waals surface area (Å²) in [6, 6.07) is 3.92. The van der Waals surface area contributed by atoms with Crippen molar-refractivity contribution in [3.05, 3.63) is 29.9 Å². The third-order valence-electron chi connectivity index (χ3n) is 4.31. The summed E-state index contributed by atoms with van der Waals surface area (Å²) in [7, 11) is 0. The molecule has 2 aromatic rings. The average molecular weight is 271 g/mol. The molecule has 3 unspecified atom stereocenters. The Labute approximate surface area is 117 Å². The molecule has 0 saturated carbocycles. The van der Waals surface area contributed by atoms with Crippen molar-refractivity contribution in [3.63, 3.8) is 0 Å². The second-order valence-corrected chi connectivity index (χ2v) is 5.77. The van der Waals surface area contributed by atoms with Gasteiger partial charge in [0.05, 0.1) is 12.2 Å². The summed E-state index contributed by atoms with van der Waals surface area (Å²) in [4.78, 5) is 8.74. The summed E-state index contributed by atoms with van der Waals surface area (Å²) in [5.74, 6) is 1.87. The predicted molar refractivity (Wildman–Crippen MR) is 72.0 cm³/mol. The fourth-order valence-corrected chi connectivity index (χ4v) is 3.24. The molecule has 20 heavy (non-hydrogen) atoms. The van der Waals surface area contributed by atoms with Crippen LogP contribution in [-0.4, -0.2) is 27.3 Å². The standard InChI is InChI=1S/C15H17N3O2/c1-9-2-3-10(8-16-9)15-17-14(20-18-15)7-11-6-12-4-5-13(11)19-12/h2-3,8,11-13H,4-7H2,1H3. The molecule has 2 aliphatic heterocycles. The summed E-state index contributed by atoms with van der Waals surface area (Å²) < 4.78 is 11.2. The van der Waals surface area contributed by atoms with Crippen molar-refractivity contribution in [2.75, 3.05) is 0 Å².